The Morgan fingerprint density at radius 2 is 1.93 bits per heavy atom. The van der Waals surface area contributed by atoms with Gasteiger partial charge in [0.2, 0.25) is 0 Å². The molecule has 1 N–H and O–H groups in total. The summed E-state index contributed by atoms with van der Waals surface area (Å²) in [6.45, 7) is 8.64. The Labute approximate surface area is 88.8 Å². The highest BCUT2D eigenvalue weighted by atomic mass is 16.5. The number of methoxy groups -OCH3 is 1. The van der Waals surface area contributed by atoms with E-state index in [2.05, 4.69) is 31.1 Å². The molecule has 0 bridgehead atoms. The van der Waals surface area contributed by atoms with Crippen LogP contribution in [0.4, 0.5) is 0 Å². The first-order valence-corrected chi connectivity index (χ1v) is 5.58. The first kappa shape index (κ1) is 13.9. The number of nitrogens with zero attached hydrogens (tertiary/aromatic N) is 1. The zero-order chi connectivity index (χ0) is 10.8. The normalized spacial score (nSPS) is 11.6. The summed E-state index contributed by atoms with van der Waals surface area (Å²) < 4.78 is 4.98. The first-order chi connectivity index (χ1) is 6.68. The SMILES string of the molecule is COCCCCNCCN(C)C(C)C. The van der Waals surface area contributed by atoms with E-state index in [4.69, 9.17) is 4.74 Å². The third-order valence-corrected chi connectivity index (χ3v) is 2.47. The fraction of sp³-hybridized carbons (Fsp3) is 1.00. The molecule has 0 saturated heterocycles. The minimum absolute atomic E-state index is 0.644. The minimum Gasteiger partial charge on any atom is -0.385 e. The molecule has 0 aromatic heterocycles. The third kappa shape index (κ3) is 8.48. The molecule has 0 radical (unpaired) electrons. The number of hydrogen-bond donors (Lipinski definition) is 1. The van der Waals surface area contributed by atoms with Crippen LogP contribution in [0.1, 0.15) is 26.7 Å². The lowest BCUT2D eigenvalue weighted by Crippen LogP contribution is -2.34. The van der Waals surface area contributed by atoms with Crippen LogP contribution >= 0.6 is 0 Å². The number of rotatable bonds is 9. The number of nitrogens with one attached hydrogen (secondary N) is 1. The van der Waals surface area contributed by atoms with E-state index in [1.54, 1.807) is 7.11 Å². The maximum absolute atomic E-state index is 4.98. The van der Waals surface area contributed by atoms with Crippen LogP contribution in [0.5, 0.6) is 0 Å². The van der Waals surface area contributed by atoms with Crippen LogP contribution in [0.25, 0.3) is 0 Å². The van der Waals surface area contributed by atoms with Crippen molar-refractivity contribution < 1.29 is 4.74 Å². The van der Waals surface area contributed by atoms with Gasteiger partial charge in [-0.15, -0.1) is 0 Å². The fourth-order valence-corrected chi connectivity index (χ4v) is 1.14. The van der Waals surface area contributed by atoms with E-state index in [0.29, 0.717) is 6.04 Å². The molecule has 14 heavy (non-hydrogen) atoms. The minimum atomic E-state index is 0.644. The summed E-state index contributed by atoms with van der Waals surface area (Å²) in [5.41, 5.74) is 0. The van der Waals surface area contributed by atoms with Gasteiger partial charge in [-0.3, -0.25) is 0 Å². The second-order valence-electron chi connectivity index (χ2n) is 4.02. The van der Waals surface area contributed by atoms with Crippen molar-refractivity contribution >= 4 is 0 Å². The van der Waals surface area contributed by atoms with Crippen molar-refractivity contribution in [2.45, 2.75) is 32.7 Å². The molecule has 0 rings (SSSR count). The molecule has 3 nitrogen and oxygen atoms in total. The number of ether oxygens (including phenoxy) is 1. The molecule has 0 unspecified atom stereocenters. The monoisotopic (exact) mass is 202 g/mol. The van der Waals surface area contributed by atoms with E-state index in [9.17, 15) is 0 Å². The number of likely N-dealkylation sites (N-methyl/N-ethyl adjacent to an activating group) is 1. The molecule has 0 saturated carbocycles. The maximum atomic E-state index is 4.98. The van der Waals surface area contributed by atoms with Gasteiger partial charge in [0, 0.05) is 32.8 Å². The summed E-state index contributed by atoms with van der Waals surface area (Å²) in [7, 11) is 3.92. The molecule has 0 aromatic rings. The molecule has 0 aliphatic rings. The van der Waals surface area contributed by atoms with E-state index < -0.39 is 0 Å². The summed E-state index contributed by atoms with van der Waals surface area (Å²) in [6.07, 6.45) is 2.36. The van der Waals surface area contributed by atoms with Crippen molar-refractivity contribution in [3.8, 4) is 0 Å². The summed E-state index contributed by atoms with van der Waals surface area (Å²) in [5.74, 6) is 0. The van der Waals surface area contributed by atoms with Gasteiger partial charge in [-0.25, -0.2) is 0 Å². The number of hydrogen-bond acceptors (Lipinski definition) is 3. The highest BCUT2D eigenvalue weighted by Crippen LogP contribution is 1.91. The van der Waals surface area contributed by atoms with Crippen LogP contribution in [0.15, 0.2) is 0 Å². The summed E-state index contributed by atoms with van der Waals surface area (Å²) in [6, 6.07) is 0.644. The van der Waals surface area contributed by atoms with Crippen molar-refractivity contribution in [3.63, 3.8) is 0 Å². The molecule has 0 spiro atoms. The van der Waals surface area contributed by atoms with Gasteiger partial charge in [-0.05, 0) is 40.3 Å². The van der Waals surface area contributed by atoms with Crippen LogP contribution in [0.2, 0.25) is 0 Å². The average Bonchev–Trinajstić information content (AvgIpc) is 2.16. The molecule has 3 heteroatoms. The first-order valence-electron chi connectivity index (χ1n) is 5.58. The Morgan fingerprint density at radius 1 is 1.21 bits per heavy atom. The Balaban J connectivity index is 3.06. The molecule has 0 heterocycles. The van der Waals surface area contributed by atoms with Crippen molar-refractivity contribution in [3.05, 3.63) is 0 Å². The van der Waals surface area contributed by atoms with Crippen LogP contribution in [-0.2, 0) is 4.74 Å². The van der Waals surface area contributed by atoms with Crippen LogP contribution in [0, 0.1) is 0 Å². The van der Waals surface area contributed by atoms with Gasteiger partial charge >= 0.3 is 0 Å². The lowest BCUT2D eigenvalue weighted by atomic mass is 10.3. The standard InChI is InChI=1S/C11H26N2O/c1-11(2)13(3)9-8-12-7-5-6-10-14-4/h11-12H,5-10H2,1-4H3. The van der Waals surface area contributed by atoms with Gasteiger partial charge in [-0.2, -0.15) is 0 Å². The molecule has 0 amide bonds. The van der Waals surface area contributed by atoms with Crippen LogP contribution in [-0.4, -0.2) is 51.3 Å². The van der Waals surface area contributed by atoms with Gasteiger partial charge in [-0.1, -0.05) is 0 Å². The van der Waals surface area contributed by atoms with Gasteiger partial charge in [0.15, 0.2) is 0 Å². The van der Waals surface area contributed by atoms with Crippen LogP contribution in [0.3, 0.4) is 0 Å². The van der Waals surface area contributed by atoms with Gasteiger partial charge in [0.25, 0.3) is 0 Å². The van der Waals surface area contributed by atoms with Gasteiger partial charge in [0.1, 0.15) is 0 Å². The molecule has 0 atom stereocenters. The predicted octanol–water partition coefficient (Wildman–Crippen LogP) is 1.34. The predicted molar refractivity (Wildman–Crippen MR) is 61.7 cm³/mol. The molecule has 0 aliphatic carbocycles. The second-order valence-corrected chi connectivity index (χ2v) is 4.02. The zero-order valence-corrected chi connectivity index (χ0v) is 10.2. The zero-order valence-electron chi connectivity index (χ0n) is 10.2. The van der Waals surface area contributed by atoms with Crippen molar-refractivity contribution in [2.75, 3.05) is 40.4 Å². The van der Waals surface area contributed by atoms with E-state index in [-0.39, 0.29) is 0 Å². The molecular weight excluding hydrogens is 176 g/mol. The Hall–Kier alpha value is -0.120. The van der Waals surface area contributed by atoms with E-state index >= 15 is 0 Å². The smallest absolute Gasteiger partial charge is 0.0462 e. The summed E-state index contributed by atoms with van der Waals surface area (Å²) >= 11 is 0. The molecule has 0 aromatic carbocycles. The highest BCUT2D eigenvalue weighted by molar-refractivity contribution is 4.58. The number of unbranched alkanes of at least 4 members (excludes halogenated alkanes) is 1. The van der Waals surface area contributed by atoms with Crippen LogP contribution < -0.4 is 5.32 Å². The Bertz CT molecular complexity index is 118. The summed E-state index contributed by atoms with van der Waals surface area (Å²) in [4.78, 5) is 2.35. The van der Waals surface area contributed by atoms with E-state index in [1.807, 2.05) is 0 Å². The fourth-order valence-electron chi connectivity index (χ4n) is 1.14. The molecule has 0 fully saturated rings. The van der Waals surface area contributed by atoms with Crippen molar-refractivity contribution in [1.29, 1.82) is 0 Å². The van der Waals surface area contributed by atoms with Gasteiger partial charge in [0.05, 0.1) is 0 Å². The van der Waals surface area contributed by atoms with E-state index in [1.165, 1.54) is 6.42 Å². The molecule has 0 aliphatic heterocycles. The lowest BCUT2D eigenvalue weighted by molar-refractivity contribution is 0.192. The Kier molecular flexibility index (Phi) is 9.35. The average molecular weight is 202 g/mol. The highest BCUT2D eigenvalue weighted by Gasteiger charge is 2.00. The third-order valence-electron chi connectivity index (χ3n) is 2.47. The second kappa shape index (κ2) is 9.44. The lowest BCUT2D eigenvalue weighted by Gasteiger charge is -2.20. The molecular formula is C11H26N2O. The summed E-state index contributed by atoms with van der Waals surface area (Å²) in [5, 5.41) is 3.43. The van der Waals surface area contributed by atoms with Gasteiger partial charge < -0.3 is 15.0 Å². The van der Waals surface area contributed by atoms with Crippen molar-refractivity contribution in [1.82, 2.24) is 10.2 Å². The quantitative estimate of drug-likeness (QED) is 0.571. The van der Waals surface area contributed by atoms with Crippen molar-refractivity contribution in [2.24, 2.45) is 0 Å². The van der Waals surface area contributed by atoms with E-state index in [0.717, 1.165) is 32.7 Å². The Morgan fingerprint density at radius 3 is 2.50 bits per heavy atom. The molecule has 86 valence electrons. The largest absolute Gasteiger partial charge is 0.385 e. The maximum Gasteiger partial charge on any atom is 0.0462 e. The topological polar surface area (TPSA) is 24.5 Å².